The maximum absolute atomic E-state index is 13.0. The van der Waals surface area contributed by atoms with E-state index in [-0.39, 0.29) is 16.3 Å². The summed E-state index contributed by atoms with van der Waals surface area (Å²) in [5.74, 6) is 0.102. The van der Waals surface area contributed by atoms with Gasteiger partial charge in [0.1, 0.15) is 0 Å². The summed E-state index contributed by atoms with van der Waals surface area (Å²) in [4.78, 5) is 15.8. The largest absolute Gasteiger partial charge is 0.417 e. The van der Waals surface area contributed by atoms with Gasteiger partial charge in [-0.25, -0.2) is 0 Å². The van der Waals surface area contributed by atoms with Crippen molar-refractivity contribution in [3.05, 3.63) is 34.3 Å². The normalized spacial score (nSPS) is 24.9. The summed E-state index contributed by atoms with van der Waals surface area (Å²) in [6.07, 6.45) is -1.39. The highest BCUT2D eigenvalue weighted by atomic mass is 35.5. The molecule has 2 heterocycles. The Balaban J connectivity index is 1.68. The molecule has 2 fully saturated rings. The van der Waals surface area contributed by atoms with E-state index in [1.807, 2.05) is 4.90 Å². The van der Waals surface area contributed by atoms with E-state index in [1.165, 1.54) is 6.07 Å². The number of carbonyl (C=O) groups excluding carboxylic acids is 1. The van der Waals surface area contributed by atoms with Crippen molar-refractivity contribution < 1.29 is 18.0 Å². The third-order valence-electron chi connectivity index (χ3n) is 5.37. The fraction of sp³-hybridized carbons (Fsp3) is 0.611. The van der Waals surface area contributed by atoms with Crippen molar-refractivity contribution in [2.45, 2.75) is 38.9 Å². The molecule has 0 radical (unpaired) electrons. The maximum Gasteiger partial charge on any atom is 0.417 e. The van der Waals surface area contributed by atoms with E-state index in [1.54, 1.807) is 13.0 Å². The zero-order chi connectivity index (χ0) is 18.2. The first-order chi connectivity index (χ1) is 11.7. The molecule has 2 aliphatic rings. The summed E-state index contributed by atoms with van der Waals surface area (Å²) in [7, 11) is 0. The summed E-state index contributed by atoms with van der Waals surface area (Å²) < 4.78 is 39.0. The lowest BCUT2D eigenvalue weighted by Gasteiger charge is -2.40. The molecule has 0 N–H and O–H groups in total. The van der Waals surface area contributed by atoms with Crippen molar-refractivity contribution in [1.29, 1.82) is 0 Å². The Kier molecular flexibility index (Phi) is 5.04. The molecule has 7 heteroatoms. The highest BCUT2D eigenvalue weighted by Crippen LogP contribution is 2.40. The SMILES string of the molecule is CC(=O)N1CCC[C@]2(CCN(Cc3ccc(Cl)c(C(F)(F)F)c3)C2)C1. The molecule has 138 valence electrons. The number of likely N-dealkylation sites (tertiary alicyclic amines) is 2. The third-order valence-corrected chi connectivity index (χ3v) is 5.70. The van der Waals surface area contributed by atoms with Gasteiger partial charge in [-0.3, -0.25) is 9.69 Å². The molecule has 2 aliphatic heterocycles. The fourth-order valence-corrected chi connectivity index (χ4v) is 4.34. The Labute approximate surface area is 150 Å². The van der Waals surface area contributed by atoms with Crippen LogP contribution in [0, 0.1) is 5.41 Å². The number of hydrogen-bond acceptors (Lipinski definition) is 2. The van der Waals surface area contributed by atoms with Gasteiger partial charge in [0.05, 0.1) is 10.6 Å². The van der Waals surface area contributed by atoms with E-state index in [0.29, 0.717) is 12.1 Å². The molecule has 1 spiro atoms. The number of halogens is 4. The van der Waals surface area contributed by atoms with Crippen molar-refractivity contribution in [2.75, 3.05) is 26.2 Å². The summed E-state index contributed by atoms with van der Waals surface area (Å²) in [6.45, 7) is 5.30. The van der Waals surface area contributed by atoms with Crippen LogP contribution >= 0.6 is 11.6 Å². The predicted octanol–water partition coefficient (Wildman–Crippen LogP) is 4.19. The quantitative estimate of drug-likeness (QED) is 0.774. The molecule has 2 saturated heterocycles. The van der Waals surface area contributed by atoms with E-state index in [2.05, 4.69) is 4.90 Å². The van der Waals surface area contributed by atoms with E-state index in [4.69, 9.17) is 11.6 Å². The summed E-state index contributed by atoms with van der Waals surface area (Å²) in [5, 5.41) is -0.265. The minimum absolute atomic E-state index is 0.0865. The lowest BCUT2D eigenvalue weighted by atomic mass is 9.79. The van der Waals surface area contributed by atoms with Crippen LogP contribution in [0.25, 0.3) is 0 Å². The van der Waals surface area contributed by atoms with Crippen LogP contribution in [-0.4, -0.2) is 41.9 Å². The average Bonchev–Trinajstić information content (AvgIpc) is 2.90. The number of piperidine rings is 1. The molecule has 0 bridgehead atoms. The van der Waals surface area contributed by atoms with Gasteiger partial charge in [0.15, 0.2) is 0 Å². The first kappa shape index (κ1) is 18.5. The van der Waals surface area contributed by atoms with Gasteiger partial charge in [-0.05, 0) is 43.5 Å². The van der Waals surface area contributed by atoms with Crippen molar-refractivity contribution in [2.24, 2.45) is 5.41 Å². The second-order valence-electron chi connectivity index (χ2n) is 7.32. The van der Waals surface area contributed by atoms with Crippen LogP contribution < -0.4 is 0 Å². The second kappa shape index (κ2) is 6.80. The Morgan fingerprint density at radius 2 is 2.00 bits per heavy atom. The number of amides is 1. The van der Waals surface area contributed by atoms with Gasteiger partial charge in [0, 0.05) is 38.5 Å². The zero-order valence-corrected chi connectivity index (χ0v) is 15.0. The van der Waals surface area contributed by atoms with Crippen molar-refractivity contribution >= 4 is 17.5 Å². The third kappa shape index (κ3) is 4.11. The second-order valence-corrected chi connectivity index (χ2v) is 7.72. The Morgan fingerprint density at radius 1 is 1.24 bits per heavy atom. The zero-order valence-electron chi connectivity index (χ0n) is 14.2. The van der Waals surface area contributed by atoms with Crippen LogP contribution in [0.15, 0.2) is 18.2 Å². The number of benzene rings is 1. The van der Waals surface area contributed by atoms with Crippen molar-refractivity contribution in [3.8, 4) is 0 Å². The Bertz CT molecular complexity index is 664. The number of hydrogen-bond donors (Lipinski definition) is 0. The number of carbonyl (C=O) groups is 1. The molecule has 0 unspecified atom stereocenters. The Morgan fingerprint density at radius 3 is 2.68 bits per heavy atom. The van der Waals surface area contributed by atoms with E-state index in [9.17, 15) is 18.0 Å². The standard InChI is InChI=1S/C18H22ClF3N2O/c1-13(25)24-7-2-5-17(12-24)6-8-23(11-17)10-14-3-4-16(19)15(9-14)18(20,21)22/h3-4,9H,2,5-8,10-12H2,1H3/t17-/m1/s1. The molecule has 1 amide bonds. The van der Waals surface area contributed by atoms with Gasteiger partial charge in [0.25, 0.3) is 0 Å². The van der Waals surface area contributed by atoms with Crippen LogP contribution in [0.2, 0.25) is 5.02 Å². The predicted molar refractivity (Wildman–Crippen MR) is 90.3 cm³/mol. The molecule has 3 nitrogen and oxygen atoms in total. The first-order valence-electron chi connectivity index (χ1n) is 8.52. The van der Waals surface area contributed by atoms with Gasteiger partial charge in [-0.2, -0.15) is 13.2 Å². The molecule has 25 heavy (non-hydrogen) atoms. The van der Waals surface area contributed by atoms with E-state index >= 15 is 0 Å². The number of nitrogens with zero attached hydrogens (tertiary/aromatic N) is 2. The highest BCUT2D eigenvalue weighted by molar-refractivity contribution is 6.31. The number of rotatable bonds is 2. The lowest BCUT2D eigenvalue weighted by molar-refractivity contribution is -0.137. The van der Waals surface area contributed by atoms with Gasteiger partial charge >= 0.3 is 6.18 Å². The minimum atomic E-state index is -4.44. The summed E-state index contributed by atoms with van der Waals surface area (Å²) >= 11 is 5.69. The maximum atomic E-state index is 13.0. The molecule has 0 aliphatic carbocycles. The van der Waals surface area contributed by atoms with Crippen LogP contribution in [0.3, 0.4) is 0 Å². The van der Waals surface area contributed by atoms with Gasteiger partial charge in [0.2, 0.25) is 5.91 Å². The minimum Gasteiger partial charge on any atom is -0.342 e. The molecule has 1 aromatic carbocycles. The Hall–Kier alpha value is -1.27. The van der Waals surface area contributed by atoms with Gasteiger partial charge in [-0.1, -0.05) is 17.7 Å². The lowest BCUT2D eigenvalue weighted by Crippen LogP contribution is -2.46. The van der Waals surface area contributed by atoms with Gasteiger partial charge in [-0.15, -0.1) is 0 Å². The smallest absolute Gasteiger partial charge is 0.342 e. The summed E-state index contributed by atoms with van der Waals surface area (Å²) in [5.41, 5.74) is -0.0718. The highest BCUT2D eigenvalue weighted by Gasteiger charge is 2.42. The van der Waals surface area contributed by atoms with Crippen molar-refractivity contribution in [3.63, 3.8) is 0 Å². The fourth-order valence-electron chi connectivity index (χ4n) is 4.12. The molecule has 0 aromatic heterocycles. The van der Waals surface area contributed by atoms with Crippen molar-refractivity contribution in [1.82, 2.24) is 9.80 Å². The molecule has 0 saturated carbocycles. The van der Waals surface area contributed by atoms with E-state index < -0.39 is 11.7 Å². The molecule has 1 aromatic rings. The molecular formula is C18H22ClF3N2O. The topological polar surface area (TPSA) is 23.6 Å². The van der Waals surface area contributed by atoms with Crippen LogP contribution in [0.5, 0.6) is 0 Å². The molecular weight excluding hydrogens is 353 g/mol. The van der Waals surface area contributed by atoms with Crippen LogP contribution in [0.4, 0.5) is 13.2 Å². The molecule has 1 atom stereocenters. The van der Waals surface area contributed by atoms with Crippen LogP contribution in [-0.2, 0) is 17.5 Å². The first-order valence-corrected chi connectivity index (χ1v) is 8.90. The monoisotopic (exact) mass is 374 g/mol. The van der Waals surface area contributed by atoms with Crippen LogP contribution in [0.1, 0.15) is 37.3 Å². The summed E-state index contributed by atoms with van der Waals surface area (Å²) in [6, 6.07) is 4.13. The molecule has 3 rings (SSSR count). The van der Waals surface area contributed by atoms with Gasteiger partial charge < -0.3 is 4.90 Å². The number of alkyl halides is 3. The van der Waals surface area contributed by atoms with E-state index in [0.717, 1.165) is 51.5 Å². The average molecular weight is 375 g/mol.